The summed E-state index contributed by atoms with van der Waals surface area (Å²) in [7, 11) is 0. The van der Waals surface area contributed by atoms with E-state index in [1.807, 2.05) is 30.3 Å². The van der Waals surface area contributed by atoms with E-state index in [1.165, 1.54) is 12.3 Å². The van der Waals surface area contributed by atoms with Crippen LogP contribution in [0.4, 0.5) is 19.0 Å². The Labute approximate surface area is 197 Å². The Morgan fingerprint density at radius 3 is 2.56 bits per heavy atom. The highest BCUT2D eigenvalue weighted by Crippen LogP contribution is 2.31. The van der Waals surface area contributed by atoms with E-state index in [-0.39, 0.29) is 22.8 Å². The molecule has 1 N–H and O–H groups in total. The summed E-state index contributed by atoms with van der Waals surface area (Å²) in [6.07, 6.45) is -1.95. The summed E-state index contributed by atoms with van der Waals surface area (Å²) in [4.78, 5) is 16.4. The van der Waals surface area contributed by atoms with Gasteiger partial charge in [0.1, 0.15) is 5.82 Å². The van der Waals surface area contributed by atoms with Gasteiger partial charge in [-0.05, 0) is 35.7 Å². The lowest BCUT2D eigenvalue weighted by Gasteiger charge is -2.07. The van der Waals surface area contributed by atoms with Gasteiger partial charge in [-0.15, -0.1) is 10.2 Å². The Hall–Kier alpha value is -3.66. The van der Waals surface area contributed by atoms with Gasteiger partial charge in [-0.1, -0.05) is 60.3 Å². The fourth-order valence-corrected chi connectivity index (χ4v) is 3.81. The molecule has 0 fully saturated rings. The first-order valence-corrected chi connectivity index (χ1v) is 11.3. The van der Waals surface area contributed by atoms with Gasteiger partial charge in [0.15, 0.2) is 0 Å². The minimum atomic E-state index is -4.39. The molecule has 6 nitrogen and oxygen atoms in total. The topological polar surface area (TPSA) is 80.9 Å². The van der Waals surface area contributed by atoms with Gasteiger partial charge in [0.05, 0.1) is 5.56 Å². The Balaban J connectivity index is 1.35. The molecule has 0 saturated heterocycles. The smallest absolute Gasteiger partial charge is 0.411 e. The maximum atomic E-state index is 12.9. The average molecular weight is 485 g/mol. The van der Waals surface area contributed by atoms with Gasteiger partial charge in [0.2, 0.25) is 11.8 Å². The molecule has 0 unspecified atom stereocenters. The van der Waals surface area contributed by atoms with Crippen LogP contribution in [0.2, 0.25) is 0 Å². The monoisotopic (exact) mass is 484 g/mol. The van der Waals surface area contributed by atoms with Gasteiger partial charge in [-0.3, -0.25) is 4.79 Å². The largest absolute Gasteiger partial charge is 0.416 e. The molecule has 174 valence electrons. The summed E-state index contributed by atoms with van der Waals surface area (Å²) >= 11 is 1.13. The molecule has 1 amide bonds. The van der Waals surface area contributed by atoms with Crippen LogP contribution in [0.5, 0.6) is 0 Å². The molecule has 34 heavy (non-hydrogen) atoms. The number of nitrogens with zero attached hydrogens (tertiary/aromatic N) is 3. The summed E-state index contributed by atoms with van der Waals surface area (Å²) < 4.78 is 44.3. The second-order valence-electron chi connectivity index (χ2n) is 7.32. The van der Waals surface area contributed by atoms with Crippen LogP contribution >= 0.6 is 11.8 Å². The highest BCUT2D eigenvalue weighted by Gasteiger charge is 2.30. The number of pyridine rings is 1. The van der Waals surface area contributed by atoms with Crippen LogP contribution < -0.4 is 5.32 Å². The van der Waals surface area contributed by atoms with Crippen molar-refractivity contribution in [3.63, 3.8) is 0 Å². The molecule has 0 atom stereocenters. The second kappa shape index (κ2) is 10.5. The summed E-state index contributed by atoms with van der Waals surface area (Å²) in [5, 5.41) is 10.9. The van der Waals surface area contributed by atoms with Crippen LogP contribution in [0.25, 0.3) is 11.5 Å². The number of rotatable bonds is 8. The van der Waals surface area contributed by atoms with E-state index in [4.69, 9.17) is 4.42 Å². The fraction of sp³-hybridized carbons (Fsp3) is 0.167. The lowest BCUT2D eigenvalue weighted by molar-refractivity contribution is -0.137. The molecule has 0 bridgehead atoms. The molecule has 4 rings (SSSR count). The Kier molecular flexibility index (Phi) is 7.27. The van der Waals surface area contributed by atoms with E-state index in [1.54, 1.807) is 18.2 Å². The number of amides is 1. The van der Waals surface area contributed by atoms with Crippen LogP contribution in [0.1, 0.15) is 23.1 Å². The van der Waals surface area contributed by atoms with Crippen molar-refractivity contribution < 1.29 is 22.4 Å². The molecule has 0 aliphatic rings. The Morgan fingerprint density at radius 2 is 1.76 bits per heavy atom. The molecular weight excluding hydrogens is 465 g/mol. The number of halogens is 3. The van der Waals surface area contributed by atoms with Crippen molar-refractivity contribution in [2.75, 3.05) is 5.32 Å². The SMILES string of the molecule is O=C(CCc1ccccc1)Nc1cc(-c2nnc(SCc3cccc(C(F)(F)F)c3)o2)ccn1. The van der Waals surface area contributed by atoms with E-state index in [9.17, 15) is 18.0 Å². The summed E-state index contributed by atoms with van der Waals surface area (Å²) in [5.74, 6) is 0.641. The van der Waals surface area contributed by atoms with Crippen molar-refractivity contribution in [3.8, 4) is 11.5 Å². The van der Waals surface area contributed by atoms with E-state index < -0.39 is 11.7 Å². The molecule has 2 aromatic heterocycles. The zero-order chi connectivity index (χ0) is 24.0. The first-order valence-electron chi connectivity index (χ1n) is 10.3. The third-order valence-corrected chi connectivity index (χ3v) is 5.67. The summed E-state index contributed by atoms with van der Waals surface area (Å²) in [6, 6.07) is 18.1. The van der Waals surface area contributed by atoms with E-state index in [0.717, 1.165) is 29.5 Å². The molecule has 0 aliphatic heterocycles. The molecule has 4 aromatic rings. The van der Waals surface area contributed by atoms with E-state index >= 15 is 0 Å². The van der Waals surface area contributed by atoms with Crippen molar-refractivity contribution in [1.82, 2.24) is 15.2 Å². The molecule has 0 aliphatic carbocycles. The van der Waals surface area contributed by atoms with Gasteiger partial charge < -0.3 is 9.73 Å². The summed E-state index contributed by atoms with van der Waals surface area (Å²) in [6.45, 7) is 0. The zero-order valence-corrected chi connectivity index (χ0v) is 18.6. The predicted octanol–water partition coefficient (Wildman–Crippen LogP) is 6.01. The van der Waals surface area contributed by atoms with Gasteiger partial charge in [-0.2, -0.15) is 13.2 Å². The van der Waals surface area contributed by atoms with E-state index in [2.05, 4.69) is 20.5 Å². The highest BCUT2D eigenvalue weighted by atomic mass is 32.2. The maximum absolute atomic E-state index is 12.9. The lowest BCUT2D eigenvalue weighted by atomic mass is 10.1. The number of benzene rings is 2. The quantitative estimate of drug-likeness (QED) is 0.308. The predicted molar refractivity (Wildman–Crippen MR) is 122 cm³/mol. The second-order valence-corrected chi connectivity index (χ2v) is 8.25. The fourth-order valence-electron chi connectivity index (χ4n) is 3.11. The number of carbonyl (C=O) groups is 1. The number of anilines is 1. The maximum Gasteiger partial charge on any atom is 0.416 e. The number of carbonyl (C=O) groups excluding carboxylic acids is 1. The zero-order valence-electron chi connectivity index (χ0n) is 17.7. The van der Waals surface area contributed by atoms with Crippen LogP contribution in [0, 0.1) is 0 Å². The highest BCUT2D eigenvalue weighted by molar-refractivity contribution is 7.98. The van der Waals surface area contributed by atoms with Crippen LogP contribution in [0.3, 0.4) is 0 Å². The average Bonchev–Trinajstić information content (AvgIpc) is 3.31. The number of nitrogens with one attached hydrogen (secondary N) is 1. The van der Waals surface area contributed by atoms with Crippen molar-refractivity contribution >= 4 is 23.5 Å². The Bertz CT molecular complexity index is 1260. The molecule has 10 heteroatoms. The number of hydrogen-bond acceptors (Lipinski definition) is 6. The van der Waals surface area contributed by atoms with Crippen LogP contribution in [-0.4, -0.2) is 21.1 Å². The molecule has 2 aromatic carbocycles. The molecule has 2 heterocycles. The normalized spacial score (nSPS) is 11.4. The lowest BCUT2D eigenvalue weighted by Crippen LogP contribution is -2.13. The molecule has 0 spiro atoms. The number of thioether (sulfide) groups is 1. The van der Waals surface area contributed by atoms with Crippen molar-refractivity contribution in [3.05, 3.63) is 89.6 Å². The first kappa shape index (κ1) is 23.5. The molecule has 0 radical (unpaired) electrons. The molecular formula is C24H19F3N4O2S. The van der Waals surface area contributed by atoms with Crippen molar-refractivity contribution in [1.29, 1.82) is 0 Å². The van der Waals surface area contributed by atoms with Gasteiger partial charge in [0, 0.05) is 23.9 Å². The third-order valence-electron chi connectivity index (χ3n) is 4.78. The number of hydrogen-bond donors (Lipinski definition) is 1. The van der Waals surface area contributed by atoms with Crippen LogP contribution in [0.15, 0.2) is 82.6 Å². The minimum absolute atomic E-state index is 0.170. The van der Waals surface area contributed by atoms with E-state index in [0.29, 0.717) is 29.8 Å². The van der Waals surface area contributed by atoms with Gasteiger partial charge in [0.25, 0.3) is 5.22 Å². The van der Waals surface area contributed by atoms with Gasteiger partial charge >= 0.3 is 6.18 Å². The van der Waals surface area contributed by atoms with Gasteiger partial charge in [-0.25, -0.2) is 4.98 Å². The Morgan fingerprint density at radius 1 is 0.971 bits per heavy atom. The summed E-state index contributed by atoms with van der Waals surface area (Å²) in [5.41, 5.74) is 1.42. The van der Waals surface area contributed by atoms with Crippen LogP contribution in [-0.2, 0) is 23.1 Å². The minimum Gasteiger partial charge on any atom is -0.411 e. The number of alkyl halides is 3. The number of aryl methyl sites for hydroxylation is 1. The third kappa shape index (κ3) is 6.44. The first-order chi connectivity index (χ1) is 16.4. The number of aromatic nitrogens is 3. The standard InChI is InChI=1S/C24H19F3N4O2S/c25-24(26,27)19-8-4-7-17(13-19)15-34-23-31-30-22(33-23)18-11-12-28-20(14-18)29-21(32)10-9-16-5-2-1-3-6-16/h1-8,11-14H,9-10,15H2,(H,28,29,32). The van der Waals surface area contributed by atoms with Crippen molar-refractivity contribution in [2.24, 2.45) is 0 Å². The molecule has 0 saturated carbocycles. The van der Waals surface area contributed by atoms with Crippen molar-refractivity contribution in [2.45, 2.75) is 30.0 Å².